The van der Waals surface area contributed by atoms with Gasteiger partial charge < -0.3 is 10.2 Å². The van der Waals surface area contributed by atoms with E-state index < -0.39 is 29.7 Å². The Morgan fingerprint density at radius 2 is 1.50 bits per heavy atom. The van der Waals surface area contributed by atoms with Crippen molar-refractivity contribution >= 4 is 44.8 Å². The van der Waals surface area contributed by atoms with E-state index in [1.807, 2.05) is 5.48 Å². The topological polar surface area (TPSA) is 136 Å². The number of amidine groups is 1. The van der Waals surface area contributed by atoms with E-state index in [0.717, 1.165) is 44.8 Å². The van der Waals surface area contributed by atoms with E-state index in [-0.39, 0.29) is 16.0 Å². The standard InChI is InChI=1S/C23H27BrFN7O2.C4F6O2/c1-2-31-9-11-32(12-10-31)15-17-5-3-16(4-6-17)14-26-22-21(29-34-30-22)23(28-33)27-18-7-8-20(25)19(24)13-18;5-3(6,7)1(11)2(12)4(8,9)10/h3-8,13,33H,2,9-12,14-15H2,1H3,(H,26,30)(H,27,28);. The number of carbonyl (C=O) groups excluding carboxylic acids is 2. The number of aromatic nitrogens is 2. The third kappa shape index (κ3) is 10.6. The van der Waals surface area contributed by atoms with Crippen molar-refractivity contribution in [1.82, 2.24) is 25.6 Å². The van der Waals surface area contributed by atoms with Crippen molar-refractivity contribution < 1.29 is 50.2 Å². The number of ketones is 2. The van der Waals surface area contributed by atoms with Gasteiger partial charge in [0.1, 0.15) is 5.82 Å². The lowest BCUT2D eigenvalue weighted by molar-refractivity contribution is -0.193. The maximum atomic E-state index is 13.5. The zero-order valence-electron chi connectivity index (χ0n) is 23.9. The van der Waals surface area contributed by atoms with E-state index >= 15 is 0 Å². The second-order valence-electron chi connectivity index (χ2n) is 9.67. The monoisotopic (exact) mass is 725 g/mol. The van der Waals surface area contributed by atoms with Crippen LogP contribution in [0.2, 0.25) is 0 Å². The van der Waals surface area contributed by atoms with Gasteiger partial charge in [-0.25, -0.2) is 14.0 Å². The van der Waals surface area contributed by atoms with Crippen LogP contribution in [0.25, 0.3) is 0 Å². The summed E-state index contributed by atoms with van der Waals surface area (Å²) in [5.41, 5.74) is 4.96. The first-order valence-corrected chi connectivity index (χ1v) is 14.2. The Bertz CT molecular complexity index is 1480. The summed E-state index contributed by atoms with van der Waals surface area (Å²) in [6.07, 6.45) is -11.5. The molecule has 1 aliphatic rings. The summed E-state index contributed by atoms with van der Waals surface area (Å²) >= 11 is 3.12. The van der Waals surface area contributed by atoms with Crippen molar-refractivity contribution in [2.24, 2.45) is 4.99 Å². The second-order valence-corrected chi connectivity index (χ2v) is 10.5. The number of anilines is 1. The highest BCUT2D eigenvalue weighted by molar-refractivity contribution is 9.10. The highest BCUT2D eigenvalue weighted by atomic mass is 79.9. The third-order valence-corrected chi connectivity index (χ3v) is 7.09. The number of nitrogens with one attached hydrogen (secondary N) is 2. The van der Waals surface area contributed by atoms with Gasteiger partial charge in [-0.1, -0.05) is 31.2 Å². The first-order valence-electron chi connectivity index (χ1n) is 13.4. The average Bonchev–Trinajstić information content (AvgIpc) is 3.48. The Kier molecular flexibility index (Phi) is 12.8. The molecule has 2 aromatic carbocycles. The fourth-order valence-corrected chi connectivity index (χ4v) is 4.37. The lowest BCUT2D eigenvalue weighted by atomic mass is 10.1. The number of carbonyl (C=O) groups is 2. The number of rotatable bonds is 9. The van der Waals surface area contributed by atoms with Gasteiger partial charge in [0.15, 0.2) is 11.5 Å². The van der Waals surface area contributed by atoms with Gasteiger partial charge in [-0.05, 0) is 62.1 Å². The molecule has 0 spiro atoms. The number of likely N-dealkylation sites (N-methyl/N-ethyl adjacent to an activating group) is 1. The van der Waals surface area contributed by atoms with Gasteiger partial charge in [0, 0.05) is 39.3 Å². The number of Topliss-reactive ketones (excluding diaryl/α,β-unsaturated/α-hetero) is 2. The Hall–Kier alpha value is -3.94. The van der Waals surface area contributed by atoms with Crippen LogP contribution >= 0.6 is 15.9 Å². The van der Waals surface area contributed by atoms with Crippen LogP contribution in [-0.2, 0) is 22.7 Å². The molecular weight excluding hydrogens is 699 g/mol. The second kappa shape index (κ2) is 16.1. The van der Waals surface area contributed by atoms with Crippen LogP contribution in [0.4, 0.5) is 42.2 Å². The molecule has 1 aliphatic heterocycles. The Labute approximate surface area is 265 Å². The molecule has 0 unspecified atom stereocenters. The minimum absolute atomic E-state index is 0.0146. The normalized spacial score (nSPS) is 14.8. The number of halogens is 8. The molecule has 4 rings (SSSR count). The van der Waals surface area contributed by atoms with Crippen molar-refractivity contribution in [3.05, 3.63) is 69.6 Å². The van der Waals surface area contributed by atoms with Gasteiger partial charge in [-0.15, -0.1) is 0 Å². The van der Waals surface area contributed by atoms with Crippen molar-refractivity contribution in [2.45, 2.75) is 32.4 Å². The van der Waals surface area contributed by atoms with E-state index in [4.69, 9.17) is 4.63 Å². The van der Waals surface area contributed by atoms with Gasteiger partial charge >= 0.3 is 23.9 Å². The van der Waals surface area contributed by atoms with Gasteiger partial charge in [-0.3, -0.25) is 25.2 Å². The summed E-state index contributed by atoms with van der Waals surface area (Å²) in [5, 5.41) is 20.4. The number of nitrogens with zero attached hydrogens (tertiary/aromatic N) is 5. The Morgan fingerprint density at radius 3 is 2.02 bits per heavy atom. The van der Waals surface area contributed by atoms with E-state index in [2.05, 4.69) is 77.5 Å². The zero-order valence-corrected chi connectivity index (χ0v) is 25.5. The largest absolute Gasteiger partial charge is 0.458 e. The number of hydrogen-bond donors (Lipinski definition) is 3. The highest BCUT2D eigenvalue weighted by Crippen LogP contribution is 2.25. The van der Waals surface area contributed by atoms with E-state index in [1.54, 1.807) is 0 Å². The van der Waals surface area contributed by atoms with Gasteiger partial charge in [0.2, 0.25) is 5.82 Å². The summed E-state index contributed by atoms with van der Waals surface area (Å²) in [6.45, 7) is 9.19. The van der Waals surface area contributed by atoms with Crippen molar-refractivity contribution in [2.75, 3.05) is 38.0 Å². The average molecular weight is 726 g/mol. The molecular formula is C27H27BrF7N7O4. The maximum Gasteiger partial charge on any atom is 0.458 e. The van der Waals surface area contributed by atoms with E-state index in [0.29, 0.717) is 18.1 Å². The van der Waals surface area contributed by atoms with Crippen LogP contribution in [0.15, 0.2) is 56.6 Å². The van der Waals surface area contributed by atoms with Crippen LogP contribution < -0.4 is 10.8 Å². The summed E-state index contributed by atoms with van der Waals surface area (Å²) in [4.78, 5) is 28.4. The third-order valence-electron chi connectivity index (χ3n) is 6.49. The molecule has 46 heavy (non-hydrogen) atoms. The molecule has 0 amide bonds. The Balaban J connectivity index is 0.000000409. The smallest absolute Gasteiger partial charge is 0.361 e. The molecule has 1 aromatic heterocycles. The van der Waals surface area contributed by atoms with Crippen LogP contribution in [-0.4, -0.2) is 87.8 Å². The number of hydrogen-bond acceptors (Lipinski definition) is 10. The van der Waals surface area contributed by atoms with E-state index in [9.17, 15) is 45.5 Å². The van der Waals surface area contributed by atoms with Gasteiger partial charge in [0.25, 0.3) is 0 Å². The summed E-state index contributed by atoms with van der Waals surface area (Å²) in [5.74, 6) is -6.89. The number of alkyl halides is 6. The fraction of sp³-hybridized carbons (Fsp3) is 0.370. The van der Waals surface area contributed by atoms with Gasteiger partial charge in [-0.2, -0.15) is 26.3 Å². The molecule has 1 saturated heterocycles. The molecule has 19 heteroatoms. The van der Waals surface area contributed by atoms with Crippen molar-refractivity contribution in [3.63, 3.8) is 0 Å². The first kappa shape index (κ1) is 36.5. The summed E-state index contributed by atoms with van der Waals surface area (Å²) < 4.78 is 85.5. The molecule has 0 bridgehead atoms. The predicted octanol–water partition coefficient (Wildman–Crippen LogP) is 5.03. The fourth-order valence-electron chi connectivity index (χ4n) is 4.00. The van der Waals surface area contributed by atoms with Crippen molar-refractivity contribution in [1.29, 1.82) is 0 Å². The molecule has 250 valence electrons. The molecule has 0 aliphatic carbocycles. The molecule has 0 saturated carbocycles. The van der Waals surface area contributed by atoms with E-state index in [1.165, 1.54) is 23.8 Å². The molecule has 3 N–H and O–H groups in total. The minimum atomic E-state index is -5.77. The zero-order chi connectivity index (χ0) is 34.1. The SMILES string of the molecule is CCN1CCN(Cc2ccc(CNc3nonc3C(=Nc3ccc(F)c(Br)c3)NO)cc2)CC1.O=C(C(=O)C(F)(F)F)C(F)(F)F. The maximum absolute atomic E-state index is 13.5. The van der Waals surface area contributed by atoms with Crippen LogP contribution in [0.1, 0.15) is 23.7 Å². The lowest BCUT2D eigenvalue weighted by Gasteiger charge is -2.34. The molecule has 0 radical (unpaired) electrons. The molecule has 3 aromatic rings. The quantitative estimate of drug-likeness (QED) is 0.0907. The van der Waals surface area contributed by atoms with Crippen LogP contribution in [0.3, 0.4) is 0 Å². The van der Waals surface area contributed by atoms with Gasteiger partial charge in [0.05, 0.1) is 10.2 Å². The number of aliphatic imine (C=N–C) groups is 1. The molecule has 2 heterocycles. The number of hydroxylamine groups is 1. The molecule has 1 fully saturated rings. The van der Waals surface area contributed by atoms with Crippen molar-refractivity contribution in [3.8, 4) is 0 Å². The minimum Gasteiger partial charge on any atom is -0.361 e. The van der Waals surface area contributed by atoms with Crippen LogP contribution in [0.5, 0.6) is 0 Å². The number of benzene rings is 2. The number of piperazine rings is 1. The van der Waals surface area contributed by atoms with Crippen LogP contribution in [0, 0.1) is 5.82 Å². The highest BCUT2D eigenvalue weighted by Gasteiger charge is 2.54. The Morgan fingerprint density at radius 1 is 0.935 bits per heavy atom. The first-order chi connectivity index (χ1) is 21.6. The molecule has 0 atom stereocenters. The summed E-state index contributed by atoms with van der Waals surface area (Å²) in [6, 6.07) is 12.7. The predicted molar refractivity (Wildman–Crippen MR) is 153 cm³/mol. The molecule has 11 nitrogen and oxygen atoms in total. The summed E-state index contributed by atoms with van der Waals surface area (Å²) in [7, 11) is 0. The lowest BCUT2D eigenvalue weighted by Crippen LogP contribution is -2.45.